The summed E-state index contributed by atoms with van der Waals surface area (Å²) >= 11 is 3.22. The molecule has 1 aromatic rings. The first-order valence-electron chi connectivity index (χ1n) is 5.70. The largest absolute Gasteiger partial charge is 0.390 e. The molecule has 0 bridgehead atoms. The zero-order chi connectivity index (χ0) is 13.0. The summed E-state index contributed by atoms with van der Waals surface area (Å²) in [5, 5.41) is 13.5. The van der Waals surface area contributed by atoms with Crippen LogP contribution in [-0.2, 0) is 0 Å². The SMILES string of the molecule is Cc1c(F)c(Br)cc2c1NC(C)(C)[C@H](O)[C@H]2C. The number of anilines is 1. The van der Waals surface area contributed by atoms with Gasteiger partial charge in [0.1, 0.15) is 5.82 Å². The van der Waals surface area contributed by atoms with Crippen LogP contribution in [0.25, 0.3) is 0 Å². The van der Waals surface area contributed by atoms with Gasteiger partial charge in [-0.15, -0.1) is 0 Å². The number of rotatable bonds is 0. The minimum absolute atomic E-state index is 0.0168. The van der Waals surface area contributed by atoms with Gasteiger partial charge in [-0.1, -0.05) is 6.92 Å². The molecule has 1 aromatic carbocycles. The van der Waals surface area contributed by atoms with E-state index in [1.165, 1.54) is 0 Å². The maximum Gasteiger partial charge on any atom is 0.142 e. The Balaban J connectivity index is 2.65. The maximum absolute atomic E-state index is 13.8. The van der Waals surface area contributed by atoms with Crippen molar-refractivity contribution in [2.45, 2.75) is 45.3 Å². The van der Waals surface area contributed by atoms with Crippen molar-refractivity contribution in [3.63, 3.8) is 0 Å². The van der Waals surface area contributed by atoms with Gasteiger partial charge in [-0.25, -0.2) is 4.39 Å². The number of fused-ring (bicyclic) bond motifs is 1. The van der Waals surface area contributed by atoms with E-state index in [-0.39, 0.29) is 11.7 Å². The molecule has 0 aliphatic carbocycles. The lowest BCUT2D eigenvalue weighted by Crippen LogP contribution is -2.50. The zero-order valence-electron chi connectivity index (χ0n) is 10.4. The fourth-order valence-corrected chi connectivity index (χ4v) is 3.04. The zero-order valence-corrected chi connectivity index (χ0v) is 12.0. The van der Waals surface area contributed by atoms with E-state index < -0.39 is 11.6 Å². The standard InChI is InChI=1S/C13H17BrFNO/c1-6-8-5-9(14)10(15)7(2)11(8)16-13(3,4)12(6)17/h5-6,12,16-17H,1-4H3/t6-,12+/m0/s1. The minimum atomic E-state index is -0.494. The van der Waals surface area contributed by atoms with Gasteiger partial charge in [-0.2, -0.15) is 0 Å². The van der Waals surface area contributed by atoms with Crippen molar-refractivity contribution in [3.8, 4) is 0 Å². The third kappa shape index (κ3) is 1.87. The average molecular weight is 302 g/mol. The van der Waals surface area contributed by atoms with Crippen LogP contribution in [-0.4, -0.2) is 16.7 Å². The van der Waals surface area contributed by atoms with Gasteiger partial charge in [0.2, 0.25) is 0 Å². The van der Waals surface area contributed by atoms with Crippen LogP contribution in [0.5, 0.6) is 0 Å². The number of aliphatic hydroxyl groups is 1. The summed E-state index contributed by atoms with van der Waals surface area (Å²) in [6, 6.07) is 1.76. The molecule has 0 saturated heterocycles. The first-order valence-corrected chi connectivity index (χ1v) is 6.49. The number of nitrogens with one attached hydrogen (secondary N) is 1. The van der Waals surface area contributed by atoms with Crippen molar-refractivity contribution in [3.05, 3.63) is 27.5 Å². The molecule has 0 unspecified atom stereocenters. The van der Waals surface area contributed by atoms with Crippen LogP contribution >= 0.6 is 15.9 Å². The summed E-state index contributed by atoms with van der Waals surface area (Å²) in [5.74, 6) is -0.257. The predicted octanol–water partition coefficient (Wildman–Crippen LogP) is 3.57. The highest BCUT2D eigenvalue weighted by molar-refractivity contribution is 9.10. The van der Waals surface area contributed by atoms with Gasteiger partial charge in [0.05, 0.1) is 16.1 Å². The molecule has 17 heavy (non-hydrogen) atoms. The highest BCUT2D eigenvalue weighted by atomic mass is 79.9. The van der Waals surface area contributed by atoms with Crippen LogP contribution in [0.15, 0.2) is 10.5 Å². The molecule has 1 aliphatic rings. The highest BCUT2D eigenvalue weighted by Crippen LogP contribution is 2.43. The van der Waals surface area contributed by atoms with E-state index in [1.54, 1.807) is 13.0 Å². The minimum Gasteiger partial charge on any atom is -0.390 e. The van der Waals surface area contributed by atoms with Gasteiger partial charge in [0.15, 0.2) is 0 Å². The van der Waals surface area contributed by atoms with E-state index in [2.05, 4.69) is 21.2 Å². The number of hydrogen-bond acceptors (Lipinski definition) is 2. The second kappa shape index (κ2) is 3.95. The Hall–Kier alpha value is -0.610. The van der Waals surface area contributed by atoms with Gasteiger partial charge < -0.3 is 10.4 Å². The monoisotopic (exact) mass is 301 g/mol. The van der Waals surface area contributed by atoms with Gasteiger partial charge >= 0.3 is 0 Å². The van der Waals surface area contributed by atoms with E-state index in [4.69, 9.17) is 0 Å². The van der Waals surface area contributed by atoms with Crippen molar-refractivity contribution in [2.24, 2.45) is 0 Å². The molecule has 1 heterocycles. The van der Waals surface area contributed by atoms with Crippen LogP contribution in [0, 0.1) is 12.7 Å². The first-order chi connectivity index (χ1) is 7.75. The molecular weight excluding hydrogens is 285 g/mol. The van der Waals surface area contributed by atoms with Crippen molar-refractivity contribution in [1.82, 2.24) is 0 Å². The molecular formula is C13H17BrFNO. The van der Waals surface area contributed by atoms with E-state index in [1.807, 2.05) is 20.8 Å². The lowest BCUT2D eigenvalue weighted by Gasteiger charge is -2.43. The Kier molecular flexibility index (Phi) is 2.99. The normalized spacial score (nSPS) is 26.3. The Morgan fingerprint density at radius 1 is 1.47 bits per heavy atom. The third-order valence-corrected chi connectivity index (χ3v) is 4.21. The number of aliphatic hydroxyl groups excluding tert-OH is 1. The molecule has 0 spiro atoms. The summed E-state index contributed by atoms with van der Waals surface area (Å²) in [4.78, 5) is 0. The Morgan fingerprint density at radius 3 is 2.65 bits per heavy atom. The van der Waals surface area contributed by atoms with Crippen molar-refractivity contribution >= 4 is 21.6 Å². The molecule has 2 N–H and O–H groups in total. The summed E-state index contributed by atoms with van der Waals surface area (Å²) in [7, 11) is 0. The molecule has 2 nitrogen and oxygen atoms in total. The molecule has 0 amide bonds. The topological polar surface area (TPSA) is 32.3 Å². The van der Waals surface area contributed by atoms with E-state index in [9.17, 15) is 9.50 Å². The number of halogens is 2. The van der Waals surface area contributed by atoms with E-state index in [0.29, 0.717) is 10.0 Å². The maximum atomic E-state index is 13.8. The third-order valence-electron chi connectivity index (χ3n) is 3.64. The van der Waals surface area contributed by atoms with Crippen molar-refractivity contribution in [2.75, 3.05) is 5.32 Å². The quantitative estimate of drug-likeness (QED) is 0.768. The number of benzene rings is 1. The molecule has 0 radical (unpaired) electrons. The second-order valence-corrected chi connectivity index (χ2v) is 6.20. The molecule has 0 aromatic heterocycles. The van der Waals surface area contributed by atoms with Gasteiger partial charge in [-0.05, 0) is 48.3 Å². The van der Waals surface area contributed by atoms with Crippen molar-refractivity contribution in [1.29, 1.82) is 0 Å². The van der Waals surface area contributed by atoms with Crippen LogP contribution < -0.4 is 5.32 Å². The highest BCUT2D eigenvalue weighted by Gasteiger charge is 2.39. The Morgan fingerprint density at radius 2 is 2.06 bits per heavy atom. The molecule has 2 rings (SSSR count). The van der Waals surface area contributed by atoms with Crippen LogP contribution in [0.3, 0.4) is 0 Å². The smallest absolute Gasteiger partial charge is 0.142 e. The molecule has 0 saturated carbocycles. The Bertz CT molecular complexity index is 473. The average Bonchev–Trinajstić information content (AvgIpc) is 2.26. The summed E-state index contributed by atoms with van der Waals surface area (Å²) in [6.07, 6.45) is -0.494. The van der Waals surface area contributed by atoms with Crippen LogP contribution in [0.1, 0.15) is 37.8 Å². The fraction of sp³-hybridized carbons (Fsp3) is 0.538. The molecule has 1 aliphatic heterocycles. The molecule has 4 heteroatoms. The van der Waals surface area contributed by atoms with Crippen molar-refractivity contribution < 1.29 is 9.50 Å². The van der Waals surface area contributed by atoms with Crippen LogP contribution in [0.2, 0.25) is 0 Å². The predicted molar refractivity (Wildman–Crippen MR) is 71.0 cm³/mol. The summed E-state index contributed by atoms with van der Waals surface area (Å²) < 4.78 is 14.3. The van der Waals surface area contributed by atoms with E-state index in [0.717, 1.165) is 11.3 Å². The Labute approximate surface area is 109 Å². The van der Waals surface area contributed by atoms with Gasteiger partial charge in [0.25, 0.3) is 0 Å². The summed E-state index contributed by atoms with van der Waals surface area (Å²) in [5.41, 5.74) is 1.93. The lowest BCUT2D eigenvalue weighted by atomic mass is 9.78. The van der Waals surface area contributed by atoms with Gasteiger partial charge in [-0.3, -0.25) is 0 Å². The molecule has 0 fully saturated rings. The lowest BCUT2D eigenvalue weighted by molar-refractivity contribution is 0.0867. The van der Waals surface area contributed by atoms with Crippen LogP contribution in [0.4, 0.5) is 10.1 Å². The van der Waals surface area contributed by atoms with E-state index >= 15 is 0 Å². The summed E-state index contributed by atoms with van der Waals surface area (Å²) in [6.45, 7) is 7.58. The first kappa shape index (κ1) is 12.8. The van der Waals surface area contributed by atoms with Gasteiger partial charge in [0, 0.05) is 17.2 Å². The molecule has 2 atom stereocenters. The number of hydrogen-bond donors (Lipinski definition) is 2. The fourth-order valence-electron chi connectivity index (χ4n) is 2.49. The second-order valence-electron chi connectivity index (χ2n) is 5.34. The molecule has 94 valence electrons.